The molecule has 0 bridgehead atoms. The second-order valence-corrected chi connectivity index (χ2v) is 4.79. The van der Waals surface area contributed by atoms with Gasteiger partial charge in [0.1, 0.15) is 0 Å². The lowest BCUT2D eigenvalue weighted by Gasteiger charge is -2.31. The Hall–Kier alpha value is -0.870. The highest BCUT2D eigenvalue weighted by molar-refractivity contribution is 7.08. The van der Waals surface area contributed by atoms with E-state index in [1.807, 2.05) is 21.7 Å². The van der Waals surface area contributed by atoms with E-state index in [0.29, 0.717) is 12.5 Å². The molecule has 1 amide bonds. The van der Waals surface area contributed by atoms with Crippen LogP contribution in [0.15, 0.2) is 16.8 Å². The number of carbonyl (C=O) groups is 1. The van der Waals surface area contributed by atoms with Crippen molar-refractivity contribution in [2.24, 2.45) is 11.7 Å². The molecule has 1 aromatic heterocycles. The van der Waals surface area contributed by atoms with Gasteiger partial charge in [0.25, 0.3) is 5.91 Å². The number of amides is 1. The summed E-state index contributed by atoms with van der Waals surface area (Å²) in [4.78, 5) is 13.9. The highest BCUT2D eigenvalue weighted by Crippen LogP contribution is 2.18. The van der Waals surface area contributed by atoms with Crippen molar-refractivity contribution in [3.8, 4) is 0 Å². The average molecular weight is 224 g/mol. The standard InChI is InChI=1S/C11H16N2OS/c12-6-9-2-1-4-13(7-9)11(14)10-3-5-15-8-10/h3,5,8-9H,1-2,4,6-7,12H2. The molecule has 1 unspecified atom stereocenters. The van der Waals surface area contributed by atoms with Crippen molar-refractivity contribution in [2.75, 3.05) is 19.6 Å². The van der Waals surface area contributed by atoms with Crippen molar-refractivity contribution in [3.63, 3.8) is 0 Å². The highest BCUT2D eigenvalue weighted by atomic mass is 32.1. The van der Waals surface area contributed by atoms with Gasteiger partial charge in [-0.25, -0.2) is 0 Å². The number of hydrogen-bond acceptors (Lipinski definition) is 3. The number of nitrogens with zero attached hydrogens (tertiary/aromatic N) is 1. The lowest BCUT2D eigenvalue weighted by Crippen LogP contribution is -2.41. The predicted octanol–water partition coefficient (Wildman–Crippen LogP) is 1.56. The number of thiophene rings is 1. The first-order valence-corrected chi connectivity index (χ1v) is 6.27. The molecule has 2 N–H and O–H groups in total. The van der Waals surface area contributed by atoms with Gasteiger partial charge in [-0.1, -0.05) is 0 Å². The Balaban J connectivity index is 2.01. The van der Waals surface area contributed by atoms with Gasteiger partial charge in [-0.3, -0.25) is 4.79 Å². The first kappa shape index (κ1) is 10.6. The first-order chi connectivity index (χ1) is 7.31. The smallest absolute Gasteiger partial charge is 0.254 e. The predicted molar refractivity (Wildman–Crippen MR) is 62.0 cm³/mol. The van der Waals surface area contributed by atoms with Crippen molar-refractivity contribution in [3.05, 3.63) is 22.4 Å². The average Bonchev–Trinajstić information content (AvgIpc) is 2.81. The summed E-state index contributed by atoms with van der Waals surface area (Å²) < 4.78 is 0. The van der Waals surface area contributed by atoms with E-state index in [2.05, 4.69) is 0 Å². The first-order valence-electron chi connectivity index (χ1n) is 5.33. The minimum atomic E-state index is 0.161. The number of hydrogen-bond donors (Lipinski definition) is 1. The molecule has 1 saturated heterocycles. The quantitative estimate of drug-likeness (QED) is 0.828. The van der Waals surface area contributed by atoms with Crippen LogP contribution in [0.1, 0.15) is 23.2 Å². The number of piperidine rings is 1. The summed E-state index contributed by atoms with van der Waals surface area (Å²) in [6, 6.07) is 1.89. The second kappa shape index (κ2) is 4.77. The maximum atomic E-state index is 12.0. The Morgan fingerprint density at radius 3 is 3.20 bits per heavy atom. The Morgan fingerprint density at radius 2 is 2.53 bits per heavy atom. The van der Waals surface area contributed by atoms with Crippen molar-refractivity contribution < 1.29 is 4.79 Å². The van der Waals surface area contributed by atoms with Crippen LogP contribution in [0.3, 0.4) is 0 Å². The highest BCUT2D eigenvalue weighted by Gasteiger charge is 2.23. The summed E-state index contributed by atoms with van der Waals surface area (Å²) in [7, 11) is 0. The zero-order valence-electron chi connectivity index (χ0n) is 8.69. The molecule has 1 aliphatic heterocycles. The monoisotopic (exact) mass is 224 g/mol. The van der Waals surface area contributed by atoms with E-state index >= 15 is 0 Å². The molecule has 0 radical (unpaired) electrons. The molecule has 0 aliphatic carbocycles. The summed E-state index contributed by atoms with van der Waals surface area (Å²) in [6.07, 6.45) is 2.24. The minimum Gasteiger partial charge on any atom is -0.338 e. The van der Waals surface area contributed by atoms with Crippen LogP contribution in [0.2, 0.25) is 0 Å². The number of nitrogens with two attached hydrogens (primary N) is 1. The summed E-state index contributed by atoms with van der Waals surface area (Å²) in [5.41, 5.74) is 6.47. The third-order valence-corrected chi connectivity index (χ3v) is 3.59. The molecule has 0 spiro atoms. The lowest BCUT2D eigenvalue weighted by atomic mass is 9.98. The van der Waals surface area contributed by atoms with Crippen LogP contribution in [-0.4, -0.2) is 30.4 Å². The zero-order chi connectivity index (χ0) is 10.7. The van der Waals surface area contributed by atoms with Gasteiger partial charge in [-0.05, 0) is 36.8 Å². The maximum Gasteiger partial charge on any atom is 0.254 e. The molecule has 82 valence electrons. The fourth-order valence-corrected chi connectivity index (χ4v) is 2.64. The number of likely N-dealkylation sites (tertiary alicyclic amines) is 1. The van der Waals surface area contributed by atoms with Crippen molar-refractivity contribution in [2.45, 2.75) is 12.8 Å². The van der Waals surface area contributed by atoms with Crippen LogP contribution >= 0.6 is 11.3 Å². The number of carbonyl (C=O) groups excluding carboxylic acids is 1. The van der Waals surface area contributed by atoms with Crippen LogP contribution in [0.4, 0.5) is 0 Å². The van der Waals surface area contributed by atoms with Crippen molar-refractivity contribution in [1.82, 2.24) is 4.90 Å². The molecule has 1 atom stereocenters. The third-order valence-electron chi connectivity index (χ3n) is 2.91. The van der Waals surface area contributed by atoms with E-state index in [1.165, 1.54) is 0 Å². The topological polar surface area (TPSA) is 46.3 Å². The van der Waals surface area contributed by atoms with E-state index < -0.39 is 0 Å². The van der Waals surface area contributed by atoms with Gasteiger partial charge in [-0.15, -0.1) is 0 Å². The second-order valence-electron chi connectivity index (χ2n) is 4.01. The van der Waals surface area contributed by atoms with Gasteiger partial charge in [0.05, 0.1) is 5.56 Å². The van der Waals surface area contributed by atoms with Crippen LogP contribution in [0, 0.1) is 5.92 Å². The Kier molecular flexibility index (Phi) is 3.38. The zero-order valence-corrected chi connectivity index (χ0v) is 9.50. The Bertz CT molecular complexity index is 323. The Labute approximate surface area is 93.9 Å². The van der Waals surface area contributed by atoms with Crippen molar-refractivity contribution in [1.29, 1.82) is 0 Å². The third kappa shape index (κ3) is 2.38. The Morgan fingerprint density at radius 1 is 1.67 bits per heavy atom. The van der Waals surface area contributed by atoms with Gasteiger partial charge in [0.15, 0.2) is 0 Å². The van der Waals surface area contributed by atoms with Gasteiger partial charge in [-0.2, -0.15) is 11.3 Å². The van der Waals surface area contributed by atoms with E-state index in [1.54, 1.807) is 11.3 Å². The summed E-state index contributed by atoms with van der Waals surface area (Å²) >= 11 is 1.57. The molecular weight excluding hydrogens is 208 g/mol. The van der Waals surface area contributed by atoms with Gasteiger partial charge in [0.2, 0.25) is 0 Å². The molecule has 2 heterocycles. The molecule has 0 aromatic carbocycles. The maximum absolute atomic E-state index is 12.0. The summed E-state index contributed by atoms with van der Waals surface area (Å²) in [5.74, 6) is 0.649. The van der Waals surface area contributed by atoms with E-state index in [4.69, 9.17) is 5.73 Å². The van der Waals surface area contributed by atoms with E-state index in [9.17, 15) is 4.79 Å². The molecule has 0 saturated carbocycles. The van der Waals surface area contributed by atoms with E-state index in [0.717, 1.165) is 31.5 Å². The molecule has 3 nitrogen and oxygen atoms in total. The van der Waals surface area contributed by atoms with E-state index in [-0.39, 0.29) is 5.91 Å². The van der Waals surface area contributed by atoms with Crippen LogP contribution in [0.5, 0.6) is 0 Å². The molecular formula is C11H16N2OS. The minimum absolute atomic E-state index is 0.161. The summed E-state index contributed by atoms with van der Waals surface area (Å²) in [5, 5.41) is 3.85. The lowest BCUT2D eigenvalue weighted by molar-refractivity contribution is 0.0679. The van der Waals surface area contributed by atoms with Gasteiger partial charge >= 0.3 is 0 Å². The fourth-order valence-electron chi connectivity index (χ4n) is 2.01. The normalized spacial score (nSPS) is 21.7. The molecule has 1 aromatic rings. The number of rotatable bonds is 2. The fraction of sp³-hybridized carbons (Fsp3) is 0.545. The van der Waals surface area contributed by atoms with Crippen LogP contribution in [-0.2, 0) is 0 Å². The summed E-state index contributed by atoms with van der Waals surface area (Å²) in [6.45, 7) is 2.39. The van der Waals surface area contributed by atoms with Gasteiger partial charge < -0.3 is 10.6 Å². The molecule has 1 aliphatic rings. The largest absolute Gasteiger partial charge is 0.338 e. The SMILES string of the molecule is NCC1CCCN(C(=O)c2ccsc2)C1. The van der Waals surface area contributed by atoms with Crippen LogP contribution in [0.25, 0.3) is 0 Å². The van der Waals surface area contributed by atoms with Gasteiger partial charge in [0, 0.05) is 18.5 Å². The molecule has 15 heavy (non-hydrogen) atoms. The molecule has 2 rings (SSSR count). The van der Waals surface area contributed by atoms with Crippen LogP contribution < -0.4 is 5.73 Å². The molecule has 1 fully saturated rings. The molecule has 4 heteroatoms. The van der Waals surface area contributed by atoms with Crippen molar-refractivity contribution >= 4 is 17.2 Å².